The monoisotopic (exact) mass is 375 g/mol. The van der Waals surface area contributed by atoms with Crippen LogP contribution in [0.2, 0.25) is 0 Å². The summed E-state index contributed by atoms with van der Waals surface area (Å²) in [5.41, 5.74) is 4.40. The maximum Gasteiger partial charge on any atom is 0.321 e. The third-order valence-electron chi connectivity index (χ3n) is 4.81. The number of nitrogens with one attached hydrogen (secondary N) is 2. The lowest BCUT2D eigenvalue weighted by Gasteiger charge is -2.14. The summed E-state index contributed by atoms with van der Waals surface area (Å²) < 4.78 is 1.78. The highest BCUT2D eigenvalue weighted by atomic mass is 16.2. The molecule has 2 N–H and O–H groups in total. The molecule has 1 fully saturated rings. The number of benzene rings is 2. The van der Waals surface area contributed by atoms with Gasteiger partial charge in [0.15, 0.2) is 0 Å². The molecular formula is C21H21N5O2. The number of rotatable bonds is 4. The fourth-order valence-electron chi connectivity index (χ4n) is 3.43. The molecule has 2 heterocycles. The molecule has 0 saturated carbocycles. The zero-order chi connectivity index (χ0) is 19.7. The quantitative estimate of drug-likeness (QED) is 0.735. The maximum absolute atomic E-state index is 12.9. The van der Waals surface area contributed by atoms with Crippen LogP contribution in [-0.2, 0) is 0 Å². The van der Waals surface area contributed by atoms with Crippen molar-refractivity contribution in [1.29, 1.82) is 0 Å². The Morgan fingerprint density at radius 1 is 1.04 bits per heavy atom. The predicted molar refractivity (Wildman–Crippen MR) is 108 cm³/mol. The minimum absolute atomic E-state index is 0.101. The Morgan fingerprint density at radius 3 is 2.39 bits per heavy atom. The molecule has 3 amide bonds. The van der Waals surface area contributed by atoms with Crippen molar-refractivity contribution >= 4 is 23.3 Å². The topological polar surface area (TPSA) is 79.3 Å². The molecule has 28 heavy (non-hydrogen) atoms. The number of hydrogen-bond acceptors (Lipinski definition) is 3. The molecule has 1 aliphatic rings. The van der Waals surface area contributed by atoms with E-state index < -0.39 is 0 Å². The van der Waals surface area contributed by atoms with Crippen LogP contribution in [0, 0.1) is 13.8 Å². The molecule has 142 valence electrons. The number of anilines is 2. The average molecular weight is 375 g/mol. The molecule has 0 unspecified atom stereocenters. The van der Waals surface area contributed by atoms with E-state index in [9.17, 15) is 9.59 Å². The Hall–Kier alpha value is -3.61. The van der Waals surface area contributed by atoms with E-state index in [1.807, 2.05) is 56.3 Å². The van der Waals surface area contributed by atoms with Gasteiger partial charge in [0.25, 0.3) is 5.91 Å². The molecule has 1 aromatic heterocycles. The number of aryl methyl sites for hydroxylation is 1. The summed E-state index contributed by atoms with van der Waals surface area (Å²) in [4.78, 5) is 26.3. The van der Waals surface area contributed by atoms with Crippen LogP contribution in [0.3, 0.4) is 0 Å². The van der Waals surface area contributed by atoms with Crippen molar-refractivity contribution in [1.82, 2.24) is 15.1 Å². The van der Waals surface area contributed by atoms with Gasteiger partial charge in [-0.3, -0.25) is 9.69 Å². The molecule has 0 aliphatic carbocycles. The van der Waals surface area contributed by atoms with Crippen molar-refractivity contribution in [3.63, 3.8) is 0 Å². The van der Waals surface area contributed by atoms with Crippen LogP contribution in [-0.4, -0.2) is 34.8 Å². The third-order valence-corrected chi connectivity index (χ3v) is 4.81. The Morgan fingerprint density at radius 2 is 1.75 bits per heavy atom. The largest absolute Gasteiger partial charge is 0.336 e. The molecule has 2 aromatic carbocycles. The summed E-state index contributed by atoms with van der Waals surface area (Å²) in [5.74, 6) is -0.205. The van der Waals surface area contributed by atoms with Gasteiger partial charge in [0.05, 0.1) is 22.6 Å². The normalized spacial score (nSPS) is 13.5. The van der Waals surface area contributed by atoms with E-state index in [-0.39, 0.29) is 11.9 Å². The lowest BCUT2D eigenvalue weighted by atomic mass is 10.1. The van der Waals surface area contributed by atoms with Gasteiger partial charge in [0, 0.05) is 24.5 Å². The van der Waals surface area contributed by atoms with Gasteiger partial charge in [-0.25, -0.2) is 9.48 Å². The van der Waals surface area contributed by atoms with Crippen molar-refractivity contribution in [3.8, 4) is 5.69 Å². The Labute approximate surface area is 163 Å². The zero-order valence-electron chi connectivity index (χ0n) is 15.8. The molecular weight excluding hydrogens is 354 g/mol. The van der Waals surface area contributed by atoms with E-state index in [1.165, 1.54) is 0 Å². The van der Waals surface area contributed by atoms with Crippen LogP contribution in [0.1, 0.15) is 21.7 Å². The van der Waals surface area contributed by atoms with Gasteiger partial charge < -0.3 is 10.6 Å². The fraction of sp³-hybridized carbons (Fsp3) is 0.190. The molecule has 0 bridgehead atoms. The van der Waals surface area contributed by atoms with Crippen molar-refractivity contribution in [2.24, 2.45) is 0 Å². The summed E-state index contributed by atoms with van der Waals surface area (Å²) in [5, 5.41) is 10.2. The van der Waals surface area contributed by atoms with Gasteiger partial charge in [0.2, 0.25) is 0 Å². The molecule has 7 heteroatoms. The van der Waals surface area contributed by atoms with Gasteiger partial charge in [0.1, 0.15) is 0 Å². The summed E-state index contributed by atoms with van der Waals surface area (Å²) in [6.45, 7) is 5.00. The number of carbonyl (C=O) groups is 2. The first-order valence-corrected chi connectivity index (χ1v) is 9.13. The number of carbonyl (C=O) groups excluding carboxylic acids is 2. The molecule has 1 aliphatic heterocycles. The second-order valence-electron chi connectivity index (χ2n) is 6.68. The number of hydrogen-bond donors (Lipinski definition) is 2. The molecule has 0 radical (unpaired) electrons. The summed E-state index contributed by atoms with van der Waals surface area (Å²) in [6.07, 6.45) is 0. The first-order chi connectivity index (χ1) is 13.5. The second-order valence-corrected chi connectivity index (χ2v) is 6.68. The summed E-state index contributed by atoms with van der Waals surface area (Å²) in [7, 11) is 0. The molecule has 0 atom stereocenters. The van der Waals surface area contributed by atoms with Crippen molar-refractivity contribution in [2.75, 3.05) is 23.3 Å². The number of urea groups is 1. The highest BCUT2D eigenvalue weighted by Crippen LogP contribution is 2.22. The van der Waals surface area contributed by atoms with Gasteiger partial charge in [-0.1, -0.05) is 18.2 Å². The average Bonchev–Trinajstić information content (AvgIpc) is 3.25. The number of aromatic nitrogens is 2. The lowest BCUT2D eigenvalue weighted by molar-refractivity contribution is 0.102. The SMILES string of the molecule is Cc1nn(-c2ccccc2)c(C)c1C(=O)Nc1ccc(N2CCNC2=O)cc1. The highest BCUT2D eigenvalue weighted by Gasteiger charge is 2.22. The summed E-state index contributed by atoms with van der Waals surface area (Å²) >= 11 is 0. The minimum Gasteiger partial charge on any atom is -0.336 e. The van der Waals surface area contributed by atoms with Gasteiger partial charge >= 0.3 is 6.03 Å². The number of amides is 3. The smallest absolute Gasteiger partial charge is 0.321 e. The molecule has 0 spiro atoms. The van der Waals surface area contributed by atoms with Crippen LogP contribution in [0.4, 0.5) is 16.2 Å². The molecule has 1 saturated heterocycles. The van der Waals surface area contributed by atoms with Crippen LogP contribution in [0.5, 0.6) is 0 Å². The van der Waals surface area contributed by atoms with Crippen molar-refractivity contribution in [3.05, 3.63) is 71.5 Å². The van der Waals surface area contributed by atoms with E-state index in [1.54, 1.807) is 21.7 Å². The highest BCUT2D eigenvalue weighted by molar-refractivity contribution is 6.06. The van der Waals surface area contributed by atoms with Crippen molar-refractivity contribution < 1.29 is 9.59 Å². The van der Waals surface area contributed by atoms with Crippen LogP contribution >= 0.6 is 0 Å². The zero-order valence-corrected chi connectivity index (χ0v) is 15.8. The minimum atomic E-state index is -0.205. The maximum atomic E-state index is 12.9. The Balaban J connectivity index is 1.54. The van der Waals surface area contributed by atoms with Gasteiger partial charge in [-0.2, -0.15) is 5.10 Å². The van der Waals surface area contributed by atoms with Gasteiger partial charge in [-0.05, 0) is 50.2 Å². The standard InChI is InChI=1S/C21H21N5O2/c1-14-19(15(2)26(24-14)18-6-4-3-5-7-18)20(27)23-16-8-10-17(11-9-16)25-13-12-22-21(25)28/h3-11H,12-13H2,1-2H3,(H,22,28)(H,23,27). The Bertz CT molecular complexity index is 1020. The Kier molecular flexibility index (Phi) is 4.57. The van der Waals surface area contributed by atoms with E-state index in [4.69, 9.17) is 0 Å². The van der Waals surface area contributed by atoms with E-state index in [0.717, 1.165) is 17.1 Å². The second kappa shape index (κ2) is 7.19. The lowest BCUT2D eigenvalue weighted by Crippen LogP contribution is -2.27. The molecule has 3 aromatic rings. The first kappa shape index (κ1) is 17.8. The fourth-order valence-corrected chi connectivity index (χ4v) is 3.43. The van der Waals surface area contributed by atoms with Crippen LogP contribution < -0.4 is 15.5 Å². The summed E-state index contributed by atoms with van der Waals surface area (Å²) in [6, 6.07) is 16.9. The molecule has 4 rings (SSSR count). The first-order valence-electron chi connectivity index (χ1n) is 9.13. The molecule has 7 nitrogen and oxygen atoms in total. The third kappa shape index (κ3) is 3.22. The van der Waals surface area contributed by atoms with E-state index in [2.05, 4.69) is 15.7 Å². The number of para-hydroxylation sites is 1. The van der Waals surface area contributed by atoms with Gasteiger partial charge in [-0.15, -0.1) is 0 Å². The van der Waals surface area contributed by atoms with Crippen molar-refractivity contribution in [2.45, 2.75) is 13.8 Å². The van der Waals surface area contributed by atoms with E-state index >= 15 is 0 Å². The van der Waals surface area contributed by atoms with E-state index in [0.29, 0.717) is 30.0 Å². The van der Waals surface area contributed by atoms with Crippen LogP contribution in [0.25, 0.3) is 5.69 Å². The number of nitrogens with zero attached hydrogens (tertiary/aromatic N) is 3. The predicted octanol–water partition coefficient (Wildman–Crippen LogP) is 3.27. The van der Waals surface area contributed by atoms with Crippen LogP contribution in [0.15, 0.2) is 54.6 Å².